The lowest BCUT2D eigenvalue weighted by Crippen LogP contribution is -2.34. The number of hydrogen-bond donors (Lipinski definition) is 1. The minimum Gasteiger partial charge on any atom is -0.330 e. The van der Waals surface area contributed by atoms with Gasteiger partial charge < -0.3 is 5.73 Å². The van der Waals surface area contributed by atoms with Crippen LogP contribution in [0, 0.1) is 5.41 Å². The lowest BCUT2D eigenvalue weighted by molar-refractivity contribution is -0.141. The predicted molar refractivity (Wildman–Crippen MR) is 77.0 cm³/mol. The molecule has 22 heavy (non-hydrogen) atoms. The average Bonchev–Trinajstić information content (AvgIpc) is 2.82. The second-order valence-corrected chi connectivity index (χ2v) is 7.42. The molecule has 1 aliphatic heterocycles. The standard InChI is InChI=1S/C12H16F3N3O2S.ClH/c1-11(7-16)4-5-18(8-11)21(19,20)9-2-3-10(17-6-9)12(13,14)15;/h2-3,6H,4-5,7-8,16H2,1H3;1H. The highest BCUT2D eigenvalue weighted by Crippen LogP contribution is 2.33. The molecule has 1 aromatic rings. The van der Waals surface area contributed by atoms with E-state index in [0.717, 1.165) is 12.3 Å². The van der Waals surface area contributed by atoms with Crippen LogP contribution in [0.1, 0.15) is 19.0 Å². The fourth-order valence-electron chi connectivity index (χ4n) is 2.20. The molecule has 2 heterocycles. The van der Waals surface area contributed by atoms with Crippen molar-refractivity contribution in [2.75, 3.05) is 19.6 Å². The lowest BCUT2D eigenvalue weighted by atomic mass is 9.90. The molecule has 2 N–H and O–H groups in total. The molecule has 0 bridgehead atoms. The van der Waals surface area contributed by atoms with Crippen LogP contribution in [0.2, 0.25) is 0 Å². The van der Waals surface area contributed by atoms with E-state index >= 15 is 0 Å². The predicted octanol–water partition coefficient (Wildman–Crippen LogP) is 1.88. The molecule has 0 radical (unpaired) electrons. The van der Waals surface area contributed by atoms with Crippen molar-refractivity contribution in [2.24, 2.45) is 11.1 Å². The molecule has 0 amide bonds. The van der Waals surface area contributed by atoms with Gasteiger partial charge in [0.2, 0.25) is 10.0 Å². The Morgan fingerprint density at radius 2 is 2.05 bits per heavy atom. The van der Waals surface area contributed by atoms with E-state index in [2.05, 4.69) is 4.98 Å². The third-order valence-corrected chi connectivity index (χ3v) is 5.51. The monoisotopic (exact) mass is 359 g/mol. The van der Waals surface area contributed by atoms with Gasteiger partial charge in [-0.2, -0.15) is 17.5 Å². The number of hydrogen-bond acceptors (Lipinski definition) is 4. The van der Waals surface area contributed by atoms with Crippen molar-refractivity contribution in [1.29, 1.82) is 0 Å². The number of pyridine rings is 1. The van der Waals surface area contributed by atoms with Crippen LogP contribution < -0.4 is 5.73 Å². The number of aromatic nitrogens is 1. The highest BCUT2D eigenvalue weighted by molar-refractivity contribution is 7.89. The summed E-state index contributed by atoms with van der Waals surface area (Å²) in [5, 5.41) is 0. The topological polar surface area (TPSA) is 76.3 Å². The minimum absolute atomic E-state index is 0. The third-order valence-electron chi connectivity index (χ3n) is 3.68. The summed E-state index contributed by atoms with van der Waals surface area (Å²) in [5.41, 5.74) is 4.21. The molecule has 0 aromatic carbocycles. The fourth-order valence-corrected chi connectivity index (χ4v) is 3.74. The van der Waals surface area contributed by atoms with Gasteiger partial charge in [0.25, 0.3) is 0 Å². The number of nitrogens with zero attached hydrogens (tertiary/aromatic N) is 2. The van der Waals surface area contributed by atoms with Crippen molar-refractivity contribution in [1.82, 2.24) is 9.29 Å². The first-order valence-corrected chi connectivity index (χ1v) is 7.76. The van der Waals surface area contributed by atoms with Crippen LogP contribution in [-0.4, -0.2) is 37.3 Å². The Labute approximate surface area is 133 Å². The molecule has 126 valence electrons. The molecule has 1 aliphatic rings. The van der Waals surface area contributed by atoms with Gasteiger partial charge in [-0.15, -0.1) is 12.4 Å². The van der Waals surface area contributed by atoms with E-state index in [9.17, 15) is 21.6 Å². The van der Waals surface area contributed by atoms with E-state index in [-0.39, 0.29) is 29.3 Å². The summed E-state index contributed by atoms with van der Waals surface area (Å²) in [5.74, 6) is 0. The van der Waals surface area contributed by atoms with Gasteiger partial charge in [0.05, 0.1) is 0 Å². The summed E-state index contributed by atoms with van der Waals surface area (Å²) < 4.78 is 63.3. The van der Waals surface area contributed by atoms with Crippen molar-refractivity contribution in [3.05, 3.63) is 24.0 Å². The molecular formula is C12H17ClF3N3O2S. The molecule has 0 saturated carbocycles. The van der Waals surface area contributed by atoms with Crippen molar-refractivity contribution in [3.8, 4) is 0 Å². The average molecular weight is 360 g/mol. The molecule has 1 aromatic heterocycles. The number of alkyl halides is 3. The summed E-state index contributed by atoms with van der Waals surface area (Å²) in [4.78, 5) is 2.95. The largest absolute Gasteiger partial charge is 0.433 e. The van der Waals surface area contributed by atoms with Gasteiger partial charge in [-0.1, -0.05) is 6.92 Å². The van der Waals surface area contributed by atoms with E-state index < -0.39 is 21.9 Å². The number of rotatable bonds is 3. The van der Waals surface area contributed by atoms with Gasteiger partial charge in [-0.05, 0) is 30.5 Å². The summed E-state index contributed by atoms with van der Waals surface area (Å²) >= 11 is 0. The van der Waals surface area contributed by atoms with E-state index in [1.165, 1.54) is 4.31 Å². The molecule has 0 spiro atoms. The summed E-state index contributed by atoms with van der Waals surface area (Å²) in [6, 6.07) is 1.61. The van der Waals surface area contributed by atoms with Crippen LogP contribution in [0.5, 0.6) is 0 Å². The van der Waals surface area contributed by atoms with Crippen LogP contribution in [0.3, 0.4) is 0 Å². The fraction of sp³-hybridized carbons (Fsp3) is 0.583. The Morgan fingerprint density at radius 3 is 2.45 bits per heavy atom. The molecule has 5 nitrogen and oxygen atoms in total. The van der Waals surface area contributed by atoms with Crippen LogP contribution in [0.15, 0.2) is 23.2 Å². The third kappa shape index (κ3) is 3.70. The van der Waals surface area contributed by atoms with Crippen molar-refractivity contribution in [2.45, 2.75) is 24.4 Å². The maximum atomic E-state index is 12.4. The summed E-state index contributed by atoms with van der Waals surface area (Å²) in [7, 11) is -3.83. The zero-order valence-corrected chi connectivity index (χ0v) is 13.4. The zero-order valence-electron chi connectivity index (χ0n) is 11.8. The first kappa shape index (κ1) is 19.1. The highest BCUT2D eigenvalue weighted by Gasteiger charge is 2.39. The normalized spacial score (nSPS) is 23.3. The second-order valence-electron chi connectivity index (χ2n) is 5.48. The number of sulfonamides is 1. The Balaban J connectivity index is 0.00000242. The Hall–Kier alpha value is -0.900. The van der Waals surface area contributed by atoms with E-state index in [0.29, 0.717) is 25.6 Å². The van der Waals surface area contributed by atoms with Crippen molar-refractivity contribution < 1.29 is 21.6 Å². The smallest absolute Gasteiger partial charge is 0.330 e. The van der Waals surface area contributed by atoms with Gasteiger partial charge >= 0.3 is 6.18 Å². The molecule has 10 heteroatoms. The van der Waals surface area contributed by atoms with Gasteiger partial charge in [0, 0.05) is 19.3 Å². The van der Waals surface area contributed by atoms with Gasteiger partial charge in [0.15, 0.2) is 0 Å². The molecule has 1 unspecified atom stereocenters. The van der Waals surface area contributed by atoms with Gasteiger partial charge in [-0.25, -0.2) is 8.42 Å². The Bertz CT molecular complexity index is 621. The SMILES string of the molecule is CC1(CN)CCN(S(=O)(=O)c2ccc(C(F)(F)F)nc2)C1.Cl. The molecule has 1 atom stereocenters. The van der Waals surface area contributed by atoms with E-state index in [1.807, 2.05) is 6.92 Å². The first-order valence-electron chi connectivity index (χ1n) is 6.32. The first-order chi connectivity index (χ1) is 9.58. The Kier molecular flexibility index (Phi) is 5.49. The van der Waals surface area contributed by atoms with Crippen molar-refractivity contribution >= 4 is 22.4 Å². The molecular weight excluding hydrogens is 343 g/mol. The quantitative estimate of drug-likeness (QED) is 0.894. The highest BCUT2D eigenvalue weighted by atomic mass is 35.5. The molecule has 1 fully saturated rings. The second kappa shape index (κ2) is 6.31. The zero-order chi connectivity index (χ0) is 15.9. The summed E-state index contributed by atoms with van der Waals surface area (Å²) in [6.45, 7) is 2.79. The number of nitrogens with two attached hydrogens (primary N) is 1. The van der Waals surface area contributed by atoms with Crippen LogP contribution in [0.4, 0.5) is 13.2 Å². The van der Waals surface area contributed by atoms with E-state index in [1.54, 1.807) is 0 Å². The summed E-state index contributed by atoms with van der Waals surface area (Å²) in [6.07, 6.45) is -3.22. The number of halogens is 4. The maximum Gasteiger partial charge on any atom is 0.433 e. The Morgan fingerprint density at radius 1 is 1.41 bits per heavy atom. The molecule has 2 rings (SSSR count). The van der Waals surface area contributed by atoms with E-state index in [4.69, 9.17) is 5.73 Å². The van der Waals surface area contributed by atoms with Gasteiger partial charge in [-0.3, -0.25) is 4.98 Å². The lowest BCUT2D eigenvalue weighted by Gasteiger charge is -2.22. The maximum absolute atomic E-state index is 12.4. The molecule has 1 saturated heterocycles. The van der Waals surface area contributed by atoms with Crippen LogP contribution >= 0.6 is 12.4 Å². The van der Waals surface area contributed by atoms with Crippen LogP contribution in [0.25, 0.3) is 0 Å². The molecule has 0 aliphatic carbocycles. The van der Waals surface area contributed by atoms with Gasteiger partial charge in [0.1, 0.15) is 10.6 Å². The minimum atomic E-state index is -4.59. The van der Waals surface area contributed by atoms with Crippen molar-refractivity contribution in [3.63, 3.8) is 0 Å². The van der Waals surface area contributed by atoms with Crippen LogP contribution in [-0.2, 0) is 16.2 Å².